The lowest BCUT2D eigenvalue weighted by Gasteiger charge is -2.02. The van der Waals surface area contributed by atoms with E-state index < -0.39 is 0 Å². The first-order valence-corrected chi connectivity index (χ1v) is 4.60. The van der Waals surface area contributed by atoms with Crippen LogP contribution in [0.4, 0.5) is 0 Å². The number of hydrogen-bond acceptors (Lipinski definition) is 1. The van der Waals surface area contributed by atoms with Crippen molar-refractivity contribution >= 4 is 0 Å². The zero-order chi connectivity index (χ0) is 8.65. The highest BCUT2D eigenvalue weighted by Crippen LogP contribution is 1.96. The van der Waals surface area contributed by atoms with Gasteiger partial charge in [-0.05, 0) is 24.6 Å². The largest absolute Gasteiger partial charge is 0.313 e. The van der Waals surface area contributed by atoms with Gasteiger partial charge in [-0.25, -0.2) is 0 Å². The van der Waals surface area contributed by atoms with E-state index in [1.54, 1.807) is 0 Å². The lowest BCUT2D eigenvalue weighted by atomic mass is 10.2. The Bertz CT molecular complexity index is 193. The van der Waals surface area contributed by atoms with E-state index in [1.165, 1.54) is 18.4 Å². The molecule has 0 unspecified atom stereocenters. The maximum atomic E-state index is 3.37. The second-order valence-corrected chi connectivity index (χ2v) is 2.92. The lowest BCUT2D eigenvalue weighted by molar-refractivity contribution is 0.641. The van der Waals surface area contributed by atoms with Gasteiger partial charge < -0.3 is 5.32 Å². The molecule has 65 valence electrons. The topological polar surface area (TPSA) is 12.0 Å². The molecule has 1 radical (unpaired) electrons. The van der Waals surface area contributed by atoms with Crippen molar-refractivity contribution in [2.45, 2.75) is 26.3 Å². The zero-order valence-electron chi connectivity index (χ0n) is 7.64. The van der Waals surface area contributed by atoms with E-state index in [1.807, 2.05) is 18.2 Å². The van der Waals surface area contributed by atoms with Crippen LogP contribution in [0.2, 0.25) is 0 Å². The van der Waals surface area contributed by atoms with Crippen molar-refractivity contribution < 1.29 is 0 Å². The van der Waals surface area contributed by atoms with Crippen molar-refractivity contribution in [1.82, 2.24) is 5.32 Å². The van der Waals surface area contributed by atoms with Crippen LogP contribution in [0, 0.1) is 6.07 Å². The molecule has 1 N–H and O–H groups in total. The Morgan fingerprint density at radius 2 is 2.33 bits per heavy atom. The van der Waals surface area contributed by atoms with Crippen molar-refractivity contribution in [2.24, 2.45) is 0 Å². The third-order valence-electron chi connectivity index (χ3n) is 1.80. The van der Waals surface area contributed by atoms with E-state index >= 15 is 0 Å². The molecular weight excluding hydrogens is 146 g/mol. The van der Waals surface area contributed by atoms with Crippen LogP contribution in [0.3, 0.4) is 0 Å². The highest BCUT2D eigenvalue weighted by atomic mass is 14.8. The Morgan fingerprint density at radius 1 is 1.42 bits per heavy atom. The minimum Gasteiger partial charge on any atom is -0.313 e. The van der Waals surface area contributed by atoms with Gasteiger partial charge in [-0.15, -0.1) is 0 Å². The standard InChI is InChI=1S/C11H16N/c1-2-3-9-12-10-11-7-5-4-6-8-11/h4-7,12H,2-3,9-10H2,1H3. The van der Waals surface area contributed by atoms with Gasteiger partial charge in [0.25, 0.3) is 0 Å². The normalized spacial score (nSPS) is 10.1. The molecule has 12 heavy (non-hydrogen) atoms. The third-order valence-corrected chi connectivity index (χ3v) is 1.80. The van der Waals surface area contributed by atoms with Crippen LogP contribution >= 0.6 is 0 Å². The summed E-state index contributed by atoms with van der Waals surface area (Å²) in [6.45, 7) is 4.26. The van der Waals surface area contributed by atoms with Crippen LogP contribution in [0.5, 0.6) is 0 Å². The van der Waals surface area contributed by atoms with E-state index in [-0.39, 0.29) is 0 Å². The van der Waals surface area contributed by atoms with Gasteiger partial charge in [0.1, 0.15) is 0 Å². The maximum Gasteiger partial charge on any atom is 0.0211 e. The average molecular weight is 162 g/mol. The predicted octanol–water partition coefficient (Wildman–Crippen LogP) is 2.38. The molecule has 0 saturated heterocycles. The minimum atomic E-state index is 0.945. The van der Waals surface area contributed by atoms with Crippen LogP contribution in [-0.4, -0.2) is 6.54 Å². The van der Waals surface area contributed by atoms with Crippen molar-refractivity contribution in [3.05, 3.63) is 35.9 Å². The summed E-state index contributed by atoms with van der Waals surface area (Å²) in [6.07, 6.45) is 2.51. The van der Waals surface area contributed by atoms with E-state index in [9.17, 15) is 0 Å². The summed E-state index contributed by atoms with van der Waals surface area (Å²) in [4.78, 5) is 0. The van der Waals surface area contributed by atoms with Gasteiger partial charge in [-0.3, -0.25) is 0 Å². The van der Waals surface area contributed by atoms with Crippen LogP contribution in [0.1, 0.15) is 25.3 Å². The number of rotatable bonds is 5. The van der Waals surface area contributed by atoms with E-state index in [4.69, 9.17) is 0 Å². The first-order chi connectivity index (χ1) is 5.93. The summed E-state index contributed by atoms with van der Waals surface area (Å²) in [5.74, 6) is 0. The molecule has 1 aromatic carbocycles. The highest BCUT2D eigenvalue weighted by molar-refractivity contribution is 5.12. The van der Waals surface area contributed by atoms with Crippen molar-refractivity contribution in [1.29, 1.82) is 0 Å². The van der Waals surface area contributed by atoms with E-state index in [0.29, 0.717) is 0 Å². The Labute approximate surface area is 74.8 Å². The average Bonchev–Trinajstić information content (AvgIpc) is 2.14. The summed E-state index contributed by atoms with van der Waals surface area (Å²) in [7, 11) is 0. The summed E-state index contributed by atoms with van der Waals surface area (Å²) in [5, 5.41) is 3.37. The summed E-state index contributed by atoms with van der Waals surface area (Å²) >= 11 is 0. The third kappa shape index (κ3) is 3.54. The van der Waals surface area contributed by atoms with E-state index in [0.717, 1.165) is 13.1 Å². The second kappa shape index (κ2) is 5.78. The fourth-order valence-corrected chi connectivity index (χ4v) is 1.07. The number of hydrogen-bond donors (Lipinski definition) is 1. The van der Waals surface area contributed by atoms with Gasteiger partial charge in [-0.1, -0.05) is 37.6 Å². The number of unbranched alkanes of at least 4 members (excludes halogenated alkanes) is 1. The molecule has 0 amide bonds. The smallest absolute Gasteiger partial charge is 0.0211 e. The first-order valence-electron chi connectivity index (χ1n) is 4.60. The molecule has 1 heteroatoms. The van der Waals surface area contributed by atoms with Gasteiger partial charge in [-0.2, -0.15) is 0 Å². The molecule has 1 rings (SSSR count). The molecule has 0 fully saturated rings. The van der Waals surface area contributed by atoms with Gasteiger partial charge in [0, 0.05) is 6.54 Å². The SMILES string of the molecule is CCCCNCc1[c]cccc1. The monoisotopic (exact) mass is 162 g/mol. The predicted molar refractivity (Wildman–Crippen MR) is 51.9 cm³/mol. The maximum absolute atomic E-state index is 3.37. The summed E-state index contributed by atoms with van der Waals surface area (Å²) in [5.41, 5.74) is 1.24. The van der Waals surface area contributed by atoms with Crippen LogP contribution in [0.15, 0.2) is 24.3 Å². The Morgan fingerprint density at radius 3 is 3.00 bits per heavy atom. The van der Waals surface area contributed by atoms with E-state index in [2.05, 4.69) is 24.4 Å². The zero-order valence-corrected chi connectivity index (χ0v) is 7.64. The fourth-order valence-electron chi connectivity index (χ4n) is 1.07. The molecule has 0 bridgehead atoms. The molecule has 0 aliphatic carbocycles. The van der Waals surface area contributed by atoms with Crippen molar-refractivity contribution in [3.63, 3.8) is 0 Å². The molecule has 1 nitrogen and oxygen atoms in total. The second-order valence-electron chi connectivity index (χ2n) is 2.92. The fraction of sp³-hybridized carbons (Fsp3) is 0.455. The van der Waals surface area contributed by atoms with Gasteiger partial charge >= 0.3 is 0 Å². The first kappa shape index (κ1) is 9.27. The molecular formula is C11H16N. The molecule has 0 spiro atoms. The Balaban J connectivity index is 2.16. The number of nitrogens with one attached hydrogen (secondary N) is 1. The van der Waals surface area contributed by atoms with Crippen LogP contribution in [-0.2, 0) is 6.54 Å². The summed E-state index contributed by atoms with van der Waals surface area (Å²) in [6, 6.07) is 11.3. The van der Waals surface area contributed by atoms with Gasteiger partial charge in [0.05, 0.1) is 0 Å². The highest BCUT2D eigenvalue weighted by Gasteiger charge is 1.89. The van der Waals surface area contributed by atoms with Gasteiger partial charge in [0.15, 0.2) is 0 Å². The van der Waals surface area contributed by atoms with Crippen LogP contribution in [0.25, 0.3) is 0 Å². The molecule has 0 aliphatic heterocycles. The molecule has 0 saturated carbocycles. The molecule has 0 aromatic heterocycles. The summed E-state index contributed by atoms with van der Waals surface area (Å²) < 4.78 is 0. The molecule has 1 aromatic rings. The molecule has 0 heterocycles. The van der Waals surface area contributed by atoms with Crippen molar-refractivity contribution in [2.75, 3.05) is 6.54 Å². The van der Waals surface area contributed by atoms with Gasteiger partial charge in [0.2, 0.25) is 0 Å². The molecule has 0 atom stereocenters. The lowest BCUT2D eigenvalue weighted by Crippen LogP contribution is -2.14. The van der Waals surface area contributed by atoms with Crippen LogP contribution < -0.4 is 5.32 Å². The molecule has 0 aliphatic rings. The Kier molecular flexibility index (Phi) is 4.47. The quantitative estimate of drug-likeness (QED) is 0.655. The number of benzene rings is 1. The minimum absolute atomic E-state index is 0.945. The Hall–Kier alpha value is -0.820. The van der Waals surface area contributed by atoms with Crippen molar-refractivity contribution in [3.8, 4) is 0 Å².